The van der Waals surface area contributed by atoms with Gasteiger partial charge < -0.3 is 5.73 Å². The summed E-state index contributed by atoms with van der Waals surface area (Å²) in [5.74, 6) is 0.147. The van der Waals surface area contributed by atoms with E-state index in [1.807, 2.05) is 18.2 Å². The minimum Gasteiger partial charge on any atom is -0.387 e. The number of benzene rings is 1. The summed E-state index contributed by atoms with van der Waals surface area (Å²) in [6.07, 6.45) is 0.425. The molecule has 0 bridgehead atoms. The third-order valence-electron chi connectivity index (χ3n) is 1.81. The molecule has 0 amide bonds. The first kappa shape index (κ1) is 12.4. The van der Waals surface area contributed by atoms with Crippen LogP contribution in [0.1, 0.15) is 19.4 Å². The predicted molar refractivity (Wildman–Crippen MR) is 68.1 cm³/mol. The van der Waals surface area contributed by atoms with Crippen molar-refractivity contribution in [1.29, 1.82) is 5.41 Å². The summed E-state index contributed by atoms with van der Waals surface area (Å²) in [6.45, 7) is 4.26. The Kier molecular flexibility index (Phi) is 4.48. The largest absolute Gasteiger partial charge is 0.387 e. The number of hydrogen-bond donors (Lipinski definition) is 2. The molecular weight excluding hydrogens is 228 g/mol. The highest BCUT2D eigenvalue weighted by molar-refractivity contribution is 8.00. The van der Waals surface area contributed by atoms with Gasteiger partial charge in [0, 0.05) is 21.6 Å². The number of hydrogen-bond acceptors (Lipinski definition) is 2. The lowest BCUT2D eigenvalue weighted by Gasteiger charge is -2.12. The Morgan fingerprint density at radius 2 is 2.20 bits per heavy atom. The van der Waals surface area contributed by atoms with Crippen molar-refractivity contribution < 1.29 is 0 Å². The Hall–Kier alpha value is -0.670. The van der Waals surface area contributed by atoms with Gasteiger partial charge in [0.05, 0.1) is 5.84 Å². The molecule has 0 fully saturated rings. The molecule has 0 unspecified atom stereocenters. The molecule has 0 saturated carbocycles. The maximum absolute atomic E-state index is 7.32. The van der Waals surface area contributed by atoms with Gasteiger partial charge in [0.15, 0.2) is 0 Å². The van der Waals surface area contributed by atoms with E-state index in [-0.39, 0.29) is 5.84 Å². The average Bonchev–Trinajstić information content (AvgIpc) is 2.09. The van der Waals surface area contributed by atoms with E-state index in [9.17, 15) is 0 Å². The molecule has 0 aliphatic rings. The Balaban J connectivity index is 3.02. The molecule has 0 spiro atoms. The minimum atomic E-state index is 0.147. The van der Waals surface area contributed by atoms with Gasteiger partial charge in [-0.1, -0.05) is 31.5 Å². The quantitative estimate of drug-likeness (QED) is 0.484. The lowest BCUT2D eigenvalue weighted by molar-refractivity contribution is 1.10. The molecule has 82 valence electrons. The fourth-order valence-corrected chi connectivity index (χ4v) is 2.55. The molecular formula is C11H15ClN2S. The number of amidine groups is 1. The summed E-state index contributed by atoms with van der Waals surface area (Å²) in [5, 5.41) is 8.50. The lowest BCUT2D eigenvalue weighted by Crippen LogP contribution is -2.13. The van der Waals surface area contributed by atoms with Crippen LogP contribution >= 0.6 is 23.4 Å². The van der Waals surface area contributed by atoms with Gasteiger partial charge in [-0.2, -0.15) is 0 Å². The highest BCUT2D eigenvalue weighted by Gasteiger charge is 2.09. The second-order valence-electron chi connectivity index (χ2n) is 3.59. The third kappa shape index (κ3) is 3.76. The number of thioether (sulfide) groups is 1. The monoisotopic (exact) mass is 242 g/mol. The minimum absolute atomic E-state index is 0.147. The van der Waals surface area contributed by atoms with Gasteiger partial charge in [-0.05, 0) is 17.7 Å². The summed E-state index contributed by atoms with van der Waals surface area (Å²) >= 11 is 7.84. The van der Waals surface area contributed by atoms with Crippen LogP contribution in [0.3, 0.4) is 0 Å². The first-order valence-corrected chi connectivity index (χ1v) is 6.03. The summed E-state index contributed by atoms with van der Waals surface area (Å²) < 4.78 is 0. The number of rotatable bonds is 4. The summed E-state index contributed by atoms with van der Waals surface area (Å²) in [6, 6.07) is 5.79. The van der Waals surface area contributed by atoms with Crippen LogP contribution < -0.4 is 5.73 Å². The highest BCUT2D eigenvalue weighted by Crippen LogP contribution is 2.31. The van der Waals surface area contributed by atoms with Crippen molar-refractivity contribution >= 4 is 29.2 Å². The zero-order chi connectivity index (χ0) is 11.4. The molecule has 0 saturated heterocycles. The van der Waals surface area contributed by atoms with Crippen molar-refractivity contribution in [1.82, 2.24) is 0 Å². The third-order valence-corrected chi connectivity index (χ3v) is 3.27. The van der Waals surface area contributed by atoms with Crippen molar-refractivity contribution in [3.8, 4) is 0 Å². The molecule has 0 atom stereocenters. The van der Waals surface area contributed by atoms with Crippen molar-refractivity contribution in [3.63, 3.8) is 0 Å². The van der Waals surface area contributed by atoms with Crippen molar-refractivity contribution in [2.45, 2.75) is 30.4 Å². The van der Waals surface area contributed by atoms with Crippen molar-refractivity contribution in [2.75, 3.05) is 0 Å². The van der Waals surface area contributed by atoms with E-state index in [0.29, 0.717) is 16.7 Å². The summed E-state index contributed by atoms with van der Waals surface area (Å²) in [4.78, 5) is 1.12. The van der Waals surface area contributed by atoms with E-state index < -0.39 is 0 Å². The van der Waals surface area contributed by atoms with Gasteiger partial charge in [0.1, 0.15) is 0 Å². The molecule has 0 aromatic heterocycles. The Bertz CT molecular complexity index is 364. The van der Waals surface area contributed by atoms with Crippen LogP contribution in [0.25, 0.3) is 0 Å². The SMILES string of the molecule is CC(C)Sc1cccc(Cl)c1CC(=N)N. The molecule has 3 N–H and O–H groups in total. The van der Waals surface area contributed by atoms with E-state index in [2.05, 4.69) is 13.8 Å². The van der Waals surface area contributed by atoms with Gasteiger partial charge in [-0.3, -0.25) is 5.41 Å². The number of nitrogens with two attached hydrogens (primary N) is 1. The first-order valence-electron chi connectivity index (χ1n) is 4.77. The standard InChI is InChI=1S/C11H15ClN2S/c1-7(2)15-10-5-3-4-9(12)8(10)6-11(13)14/h3-5,7H,6H2,1-2H3,(H3,13,14). The molecule has 15 heavy (non-hydrogen) atoms. The van der Waals surface area contributed by atoms with E-state index in [0.717, 1.165) is 10.5 Å². The highest BCUT2D eigenvalue weighted by atomic mass is 35.5. The molecule has 1 aromatic rings. The van der Waals surface area contributed by atoms with Crippen LogP contribution in [0.4, 0.5) is 0 Å². The average molecular weight is 243 g/mol. The Morgan fingerprint density at radius 3 is 2.73 bits per heavy atom. The maximum atomic E-state index is 7.32. The molecule has 0 heterocycles. The van der Waals surface area contributed by atoms with Crippen LogP contribution in [0.2, 0.25) is 5.02 Å². The van der Waals surface area contributed by atoms with Gasteiger partial charge in [-0.15, -0.1) is 11.8 Å². The van der Waals surface area contributed by atoms with Gasteiger partial charge in [0.2, 0.25) is 0 Å². The predicted octanol–water partition coefficient (Wildman–Crippen LogP) is 3.32. The molecule has 2 nitrogen and oxygen atoms in total. The Labute approximate surface area is 99.7 Å². The summed E-state index contributed by atoms with van der Waals surface area (Å²) in [5.41, 5.74) is 6.37. The second kappa shape index (κ2) is 5.42. The van der Waals surface area contributed by atoms with Crippen LogP contribution in [-0.4, -0.2) is 11.1 Å². The van der Waals surface area contributed by atoms with Crippen LogP contribution in [0.15, 0.2) is 23.1 Å². The zero-order valence-corrected chi connectivity index (χ0v) is 10.5. The number of halogens is 1. The molecule has 1 rings (SSSR count). The van der Waals surface area contributed by atoms with Crippen LogP contribution in [-0.2, 0) is 6.42 Å². The Morgan fingerprint density at radius 1 is 1.53 bits per heavy atom. The van der Waals surface area contributed by atoms with E-state index in [1.165, 1.54) is 0 Å². The lowest BCUT2D eigenvalue weighted by atomic mass is 10.1. The molecule has 0 aliphatic heterocycles. The second-order valence-corrected chi connectivity index (χ2v) is 5.61. The van der Waals surface area contributed by atoms with Crippen LogP contribution in [0, 0.1) is 5.41 Å². The maximum Gasteiger partial charge on any atom is 0.0951 e. The van der Waals surface area contributed by atoms with E-state index in [1.54, 1.807) is 11.8 Å². The summed E-state index contributed by atoms with van der Waals surface area (Å²) in [7, 11) is 0. The fraction of sp³-hybridized carbons (Fsp3) is 0.364. The van der Waals surface area contributed by atoms with E-state index in [4.69, 9.17) is 22.7 Å². The number of nitrogens with one attached hydrogen (secondary N) is 1. The zero-order valence-electron chi connectivity index (χ0n) is 8.88. The normalized spacial score (nSPS) is 10.7. The smallest absolute Gasteiger partial charge is 0.0951 e. The molecule has 4 heteroatoms. The van der Waals surface area contributed by atoms with E-state index >= 15 is 0 Å². The first-order chi connectivity index (χ1) is 7.00. The van der Waals surface area contributed by atoms with Crippen molar-refractivity contribution in [2.24, 2.45) is 5.73 Å². The van der Waals surface area contributed by atoms with Gasteiger partial charge in [-0.25, -0.2) is 0 Å². The fourth-order valence-electron chi connectivity index (χ4n) is 1.27. The van der Waals surface area contributed by atoms with Gasteiger partial charge >= 0.3 is 0 Å². The topological polar surface area (TPSA) is 49.9 Å². The molecule has 0 radical (unpaired) electrons. The van der Waals surface area contributed by atoms with Gasteiger partial charge in [0.25, 0.3) is 0 Å². The molecule has 1 aromatic carbocycles. The van der Waals surface area contributed by atoms with Crippen molar-refractivity contribution in [3.05, 3.63) is 28.8 Å². The molecule has 0 aliphatic carbocycles. The van der Waals surface area contributed by atoms with Crippen LogP contribution in [0.5, 0.6) is 0 Å².